The lowest BCUT2D eigenvalue weighted by molar-refractivity contribution is -0.388. The van der Waals surface area contributed by atoms with Crippen LogP contribution in [0.4, 0.5) is 11.5 Å². The van der Waals surface area contributed by atoms with E-state index >= 15 is 0 Å². The van der Waals surface area contributed by atoms with Crippen LogP contribution in [-0.2, 0) is 0 Å². The molecule has 2 atom stereocenters. The first-order valence-corrected chi connectivity index (χ1v) is 6.73. The molecule has 2 heterocycles. The molecule has 2 rings (SSSR count). The van der Waals surface area contributed by atoms with Crippen LogP contribution >= 0.6 is 0 Å². The number of hydrogen-bond acceptors (Lipinski definition) is 5. The van der Waals surface area contributed by atoms with E-state index in [2.05, 4.69) is 16.8 Å². The number of nitrogens with zero attached hydrogens (tertiary/aromatic N) is 3. The highest BCUT2D eigenvalue weighted by Crippen LogP contribution is 2.33. The number of nitrogens with two attached hydrogens (primary N) is 1. The van der Waals surface area contributed by atoms with Crippen molar-refractivity contribution in [2.24, 2.45) is 11.7 Å². The van der Waals surface area contributed by atoms with Gasteiger partial charge in [-0.3, -0.25) is 0 Å². The second kappa shape index (κ2) is 5.97. The smallest absolute Gasteiger partial charge is 0.360 e. The number of piperidine rings is 1. The third kappa shape index (κ3) is 2.84. The minimum atomic E-state index is -0.422. The van der Waals surface area contributed by atoms with E-state index in [1.807, 2.05) is 0 Å². The molecule has 6 heteroatoms. The van der Waals surface area contributed by atoms with Crippen LogP contribution in [0.2, 0.25) is 0 Å². The Bertz CT molecular complexity index is 452. The maximum Gasteiger partial charge on any atom is 0.387 e. The van der Waals surface area contributed by atoms with Gasteiger partial charge in [-0.25, -0.2) is 0 Å². The van der Waals surface area contributed by atoms with Crippen molar-refractivity contribution in [2.75, 3.05) is 18.0 Å². The van der Waals surface area contributed by atoms with Crippen molar-refractivity contribution < 1.29 is 4.92 Å². The number of anilines is 1. The standard InChI is InChI=1S/C13H20N4O2/c1-2-10-5-7-16(11(8-10)9-14)12-4-3-6-15-13(12)17(18)19/h3-4,6,10-11H,2,5,7-9,14H2,1H3. The average molecular weight is 264 g/mol. The van der Waals surface area contributed by atoms with Crippen LogP contribution in [0.25, 0.3) is 0 Å². The van der Waals surface area contributed by atoms with Crippen LogP contribution < -0.4 is 10.6 Å². The van der Waals surface area contributed by atoms with Crippen molar-refractivity contribution in [3.8, 4) is 0 Å². The minimum absolute atomic E-state index is 0.0732. The fraction of sp³-hybridized carbons (Fsp3) is 0.615. The summed E-state index contributed by atoms with van der Waals surface area (Å²) in [7, 11) is 0. The molecule has 0 aliphatic carbocycles. The highest BCUT2D eigenvalue weighted by atomic mass is 16.6. The lowest BCUT2D eigenvalue weighted by Gasteiger charge is -2.39. The summed E-state index contributed by atoms with van der Waals surface area (Å²) in [4.78, 5) is 16.6. The molecule has 1 fully saturated rings. The van der Waals surface area contributed by atoms with E-state index in [1.165, 1.54) is 6.20 Å². The zero-order valence-corrected chi connectivity index (χ0v) is 11.2. The average Bonchev–Trinajstić information content (AvgIpc) is 2.46. The summed E-state index contributed by atoms with van der Waals surface area (Å²) in [5.41, 5.74) is 6.44. The highest BCUT2D eigenvalue weighted by Gasteiger charge is 2.31. The van der Waals surface area contributed by atoms with Crippen molar-refractivity contribution in [3.63, 3.8) is 0 Å². The predicted octanol–water partition coefficient (Wildman–Crippen LogP) is 1.94. The lowest BCUT2D eigenvalue weighted by atomic mass is 9.88. The van der Waals surface area contributed by atoms with Gasteiger partial charge in [0.25, 0.3) is 0 Å². The molecule has 0 radical (unpaired) electrons. The van der Waals surface area contributed by atoms with Crippen molar-refractivity contribution in [1.82, 2.24) is 4.98 Å². The fourth-order valence-electron chi connectivity index (χ4n) is 2.80. The first kappa shape index (κ1) is 13.7. The second-order valence-corrected chi connectivity index (χ2v) is 4.98. The van der Waals surface area contributed by atoms with Crippen molar-refractivity contribution in [1.29, 1.82) is 0 Å². The molecular formula is C13H20N4O2. The molecule has 0 bridgehead atoms. The summed E-state index contributed by atoms with van der Waals surface area (Å²) in [6.45, 7) is 3.51. The third-order valence-electron chi connectivity index (χ3n) is 3.92. The first-order valence-electron chi connectivity index (χ1n) is 6.73. The molecule has 1 aliphatic heterocycles. The van der Waals surface area contributed by atoms with E-state index in [4.69, 9.17) is 5.73 Å². The van der Waals surface area contributed by atoms with Gasteiger partial charge in [0.2, 0.25) is 0 Å². The Balaban J connectivity index is 2.28. The minimum Gasteiger partial charge on any atom is -0.360 e. The van der Waals surface area contributed by atoms with Crippen LogP contribution in [-0.4, -0.2) is 29.0 Å². The zero-order valence-electron chi connectivity index (χ0n) is 11.2. The molecule has 0 saturated carbocycles. The van der Waals surface area contributed by atoms with Gasteiger partial charge in [-0.1, -0.05) is 13.3 Å². The Morgan fingerprint density at radius 2 is 2.42 bits per heavy atom. The van der Waals surface area contributed by atoms with E-state index in [1.54, 1.807) is 12.1 Å². The molecule has 1 aromatic rings. The van der Waals surface area contributed by atoms with Crippen LogP contribution in [0.3, 0.4) is 0 Å². The van der Waals surface area contributed by atoms with Crippen LogP contribution in [0, 0.1) is 16.0 Å². The third-order valence-corrected chi connectivity index (χ3v) is 3.92. The Kier molecular flexibility index (Phi) is 4.31. The van der Waals surface area contributed by atoms with Gasteiger partial charge >= 0.3 is 5.82 Å². The molecule has 0 amide bonds. The topological polar surface area (TPSA) is 85.3 Å². The Labute approximate surface area is 112 Å². The summed E-state index contributed by atoms with van der Waals surface area (Å²) in [5, 5.41) is 11.1. The second-order valence-electron chi connectivity index (χ2n) is 4.98. The normalized spacial score (nSPS) is 23.4. The molecule has 1 aromatic heterocycles. The zero-order chi connectivity index (χ0) is 13.8. The molecule has 19 heavy (non-hydrogen) atoms. The number of nitro groups is 1. The van der Waals surface area contributed by atoms with Gasteiger partial charge < -0.3 is 20.7 Å². The largest absolute Gasteiger partial charge is 0.387 e. The van der Waals surface area contributed by atoms with Gasteiger partial charge in [-0.2, -0.15) is 0 Å². The maximum absolute atomic E-state index is 11.1. The van der Waals surface area contributed by atoms with E-state index in [-0.39, 0.29) is 11.9 Å². The van der Waals surface area contributed by atoms with Crippen LogP contribution in [0.5, 0.6) is 0 Å². The van der Waals surface area contributed by atoms with E-state index < -0.39 is 4.92 Å². The maximum atomic E-state index is 11.1. The quantitative estimate of drug-likeness (QED) is 0.663. The molecule has 1 aliphatic rings. The Morgan fingerprint density at radius 3 is 3.05 bits per heavy atom. The molecule has 6 nitrogen and oxygen atoms in total. The molecule has 0 aromatic carbocycles. The molecule has 0 spiro atoms. The Hall–Kier alpha value is -1.69. The summed E-state index contributed by atoms with van der Waals surface area (Å²) in [6, 6.07) is 3.67. The summed E-state index contributed by atoms with van der Waals surface area (Å²) >= 11 is 0. The van der Waals surface area contributed by atoms with Crippen molar-refractivity contribution in [2.45, 2.75) is 32.2 Å². The van der Waals surface area contributed by atoms with E-state index in [0.29, 0.717) is 18.2 Å². The monoisotopic (exact) mass is 264 g/mol. The van der Waals surface area contributed by atoms with Gasteiger partial charge in [-0.15, -0.1) is 0 Å². The summed E-state index contributed by atoms with van der Waals surface area (Å²) < 4.78 is 0. The van der Waals surface area contributed by atoms with Gasteiger partial charge in [0, 0.05) is 19.1 Å². The number of aromatic nitrogens is 1. The fourth-order valence-corrected chi connectivity index (χ4v) is 2.80. The molecule has 2 unspecified atom stereocenters. The first-order chi connectivity index (χ1) is 9.17. The van der Waals surface area contributed by atoms with Gasteiger partial charge in [-0.05, 0) is 40.8 Å². The number of rotatable bonds is 4. The highest BCUT2D eigenvalue weighted by molar-refractivity contribution is 5.60. The van der Waals surface area contributed by atoms with E-state index in [9.17, 15) is 10.1 Å². The molecule has 1 saturated heterocycles. The predicted molar refractivity (Wildman–Crippen MR) is 74.1 cm³/mol. The molecule has 2 N–H and O–H groups in total. The van der Waals surface area contributed by atoms with Gasteiger partial charge in [0.15, 0.2) is 0 Å². The summed E-state index contributed by atoms with van der Waals surface area (Å²) in [6.07, 6.45) is 4.65. The Morgan fingerprint density at radius 1 is 1.63 bits per heavy atom. The van der Waals surface area contributed by atoms with Crippen LogP contribution in [0.1, 0.15) is 26.2 Å². The van der Waals surface area contributed by atoms with Gasteiger partial charge in [0.05, 0.1) is 0 Å². The SMILES string of the molecule is CCC1CCN(c2cccnc2[N+](=O)[O-])C(CN)C1. The lowest BCUT2D eigenvalue weighted by Crippen LogP contribution is -2.47. The molecular weight excluding hydrogens is 244 g/mol. The van der Waals surface area contributed by atoms with Crippen LogP contribution in [0.15, 0.2) is 18.3 Å². The number of hydrogen-bond donors (Lipinski definition) is 1. The van der Waals surface area contributed by atoms with Crippen molar-refractivity contribution in [3.05, 3.63) is 28.4 Å². The van der Waals surface area contributed by atoms with Crippen molar-refractivity contribution >= 4 is 11.5 Å². The van der Waals surface area contributed by atoms with E-state index in [0.717, 1.165) is 25.8 Å². The molecule has 104 valence electrons. The summed E-state index contributed by atoms with van der Waals surface area (Å²) in [5.74, 6) is 0.594. The number of pyridine rings is 1. The van der Waals surface area contributed by atoms with Gasteiger partial charge in [0.1, 0.15) is 11.9 Å².